The lowest BCUT2D eigenvalue weighted by Gasteiger charge is -2.53. The molecule has 186 valence electrons. The van der Waals surface area contributed by atoms with Gasteiger partial charge in [-0.3, -0.25) is 4.21 Å². The number of rotatable bonds is 6. The molecule has 0 saturated heterocycles. The minimum Gasteiger partial charge on any atom is -0.508 e. The third-order valence-electron chi connectivity index (χ3n) is 8.54. The van der Waals surface area contributed by atoms with Crippen LogP contribution in [0, 0.1) is 23.2 Å². The van der Waals surface area contributed by atoms with Gasteiger partial charge in [0.15, 0.2) is 0 Å². The van der Waals surface area contributed by atoms with E-state index in [4.69, 9.17) is 0 Å². The van der Waals surface area contributed by atoms with Crippen molar-refractivity contribution in [3.63, 3.8) is 0 Å². The highest BCUT2D eigenvalue weighted by Crippen LogP contribution is 2.62. The quantitative estimate of drug-likeness (QED) is 0.509. The van der Waals surface area contributed by atoms with E-state index < -0.39 is 28.7 Å². The van der Waals surface area contributed by atoms with E-state index >= 15 is 0 Å². The van der Waals surface area contributed by atoms with Crippen LogP contribution in [-0.2, 0) is 17.2 Å². The van der Waals surface area contributed by atoms with E-state index in [0.717, 1.165) is 31.2 Å². The van der Waals surface area contributed by atoms with Crippen LogP contribution in [0.1, 0.15) is 62.5 Å². The summed E-state index contributed by atoms with van der Waals surface area (Å²) in [5.74, 6) is -5.69. The van der Waals surface area contributed by atoms with Crippen molar-refractivity contribution in [3.05, 3.63) is 29.3 Å². The molecule has 0 radical (unpaired) electrons. The van der Waals surface area contributed by atoms with E-state index in [1.54, 1.807) is 12.1 Å². The molecule has 0 bridgehead atoms. The molecule has 1 aromatic rings. The van der Waals surface area contributed by atoms with Crippen LogP contribution < -0.4 is 0 Å². The van der Waals surface area contributed by atoms with Gasteiger partial charge in [-0.05, 0) is 97.3 Å². The van der Waals surface area contributed by atoms with Crippen molar-refractivity contribution in [2.45, 2.75) is 76.0 Å². The topological polar surface area (TPSA) is 57.5 Å². The minimum atomic E-state index is -5.69. The number of hydrogen-bond donors (Lipinski definition) is 2. The van der Waals surface area contributed by atoms with Gasteiger partial charge in [0.05, 0.1) is 11.9 Å². The first-order valence-electron chi connectivity index (χ1n) is 11.6. The first kappa shape index (κ1) is 24.9. The fourth-order valence-corrected chi connectivity index (χ4v) is 8.09. The van der Waals surface area contributed by atoms with Gasteiger partial charge < -0.3 is 10.2 Å². The Bertz CT molecular complexity index is 905. The largest absolute Gasteiger partial charge is 0.508 e. The van der Waals surface area contributed by atoms with E-state index in [1.165, 1.54) is 5.56 Å². The van der Waals surface area contributed by atoms with E-state index in [9.17, 15) is 36.4 Å². The van der Waals surface area contributed by atoms with E-state index in [0.29, 0.717) is 25.2 Å². The van der Waals surface area contributed by atoms with E-state index in [2.05, 4.69) is 6.92 Å². The highest BCUT2D eigenvalue weighted by Gasteiger charge is 2.58. The van der Waals surface area contributed by atoms with Gasteiger partial charge in [-0.1, -0.05) is 13.0 Å². The average molecular weight is 495 g/mol. The number of phenolic OH excluding ortho intramolecular Hbond substituents is 1. The Morgan fingerprint density at radius 2 is 1.88 bits per heavy atom. The van der Waals surface area contributed by atoms with Crippen LogP contribution in [0.4, 0.5) is 22.0 Å². The van der Waals surface area contributed by atoms with Crippen molar-refractivity contribution < 1.29 is 36.4 Å². The Morgan fingerprint density at radius 1 is 1.15 bits per heavy atom. The molecule has 3 aliphatic rings. The molecule has 0 spiro atoms. The summed E-state index contributed by atoms with van der Waals surface area (Å²) in [4.78, 5) is 0. The maximum atomic E-state index is 13.2. The molecule has 0 amide bonds. The Kier molecular flexibility index (Phi) is 6.62. The molecule has 3 nitrogen and oxygen atoms in total. The molecule has 0 aromatic heterocycles. The molecule has 2 N–H and O–H groups in total. The molecule has 9 heteroatoms. The summed E-state index contributed by atoms with van der Waals surface area (Å²) in [6.07, 6.45) is -1.03. The number of halogens is 5. The lowest BCUT2D eigenvalue weighted by Crippen LogP contribution is -2.47. The number of alkyl halides is 5. The molecule has 1 aromatic carbocycles. The first-order chi connectivity index (χ1) is 15.3. The van der Waals surface area contributed by atoms with Gasteiger partial charge in [-0.2, -0.15) is 22.0 Å². The first-order valence-corrected chi connectivity index (χ1v) is 13.1. The standard InChI is InChI=1S/C24H31F5O3S/c1-22-9-8-18-17-5-4-16(30)12-15(17)11-14(21(18)19(22)6-7-20(22)31)3-2-10-33(32)13-23(25,26)24(27,28)29/h4-5,12,14,18-21,30-31H,2-3,6-11,13H2,1H3/t14-,18?,19?,20+,21?,22+,33?/m1/s1. The molecule has 0 aliphatic heterocycles. The third-order valence-corrected chi connectivity index (χ3v) is 9.97. The SMILES string of the molecule is C[C@]12CCC3c4ccc(O)cc4C[C@@H](CCCS(=O)CC(F)(F)C(F)(F)F)C3C1CC[C@@H]2O. The Balaban J connectivity index is 1.50. The van der Waals surface area contributed by atoms with Gasteiger partial charge >= 0.3 is 12.1 Å². The Labute approximate surface area is 193 Å². The zero-order chi connectivity index (χ0) is 24.2. The Hall–Kier alpha value is -1.22. The molecule has 2 fully saturated rings. The van der Waals surface area contributed by atoms with Crippen molar-refractivity contribution in [1.82, 2.24) is 0 Å². The summed E-state index contributed by atoms with van der Waals surface area (Å²) >= 11 is 0. The van der Waals surface area contributed by atoms with Crippen LogP contribution in [-0.4, -0.2) is 44.1 Å². The summed E-state index contributed by atoms with van der Waals surface area (Å²) in [6.45, 7) is 2.14. The average Bonchev–Trinajstić information content (AvgIpc) is 3.01. The number of phenols is 1. The summed E-state index contributed by atoms with van der Waals surface area (Å²) in [6, 6.07) is 5.43. The lowest BCUT2D eigenvalue weighted by atomic mass is 9.52. The maximum absolute atomic E-state index is 13.2. The zero-order valence-electron chi connectivity index (χ0n) is 18.6. The van der Waals surface area contributed by atoms with Crippen molar-refractivity contribution in [1.29, 1.82) is 0 Å². The molecular weight excluding hydrogens is 463 g/mol. The summed E-state index contributed by atoms with van der Waals surface area (Å²) in [7, 11) is -2.27. The van der Waals surface area contributed by atoms with Crippen molar-refractivity contribution in [2.24, 2.45) is 23.2 Å². The van der Waals surface area contributed by atoms with Crippen LogP contribution in [0.15, 0.2) is 18.2 Å². The zero-order valence-corrected chi connectivity index (χ0v) is 19.4. The number of aromatic hydroxyl groups is 1. The van der Waals surface area contributed by atoms with Crippen LogP contribution in [0.25, 0.3) is 0 Å². The predicted octanol–water partition coefficient (Wildman–Crippen LogP) is 5.56. The molecule has 0 heterocycles. The second-order valence-corrected chi connectivity index (χ2v) is 12.0. The molecule has 7 atom stereocenters. The second-order valence-electron chi connectivity index (χ2n) is 10.4. The van der Waals surface area contributed by atoms with Gasteiger partial charge in [0.1, 0.15) is 5.75 Å². The van der Waals surface area contributed by atoms with Crippen LogP contribution >= 0.6 is 0 Å². The number of benzene rings is 1. The monoisotopic (exact) mass is 494 g/mol. The van der Waals surface area contributed by atoms with Crippen LogP contribution in [0.5, 0.6) is 5.75 Å². The van der Waals surface area contributed by atoms with Crippen molar-refractivity contribution in [3.8, 4) is 5.75 Å². The molecule has 33 heavy (non-hydrogen) atoms. The summed E-state index contributed by atoms with van der Waals surface area (Å²) in [5.41, 5.74) is 2.09. The molecular formula is C24H31F5O3S. The van der Waals surface area contributed by atoms with Gasteiger partial charge in [0, 0.05) is 16.6 Å². The highest BCUT2D eigenvalue weighted by atomic mass is 32.2. The van der Waals surface area contributed by atoms with Crippen molar-refractivity contribution in [2.75, 3.05) is 11.5 Å². The normalized spacial score (nSPS) is 34.9. The minimum absolute atomic E-state index is 0.138. The van der Waals surface area contributed by atoms with E-state index in [-0.39, 0.29) is 40.8 Å². The van der Waals surface area contributed by atoms with Crippen LogP contribution in [0.2, 0.25) is 0 Å². The Morgan fingerprint density at radius 3 is 2.58 bits per heavy atom. The maximum Gasteiger partial charge on any atom is 0.454 e. The molecule has 3 aliphatic carbocycles. The van der Waals surface area contributed by atoms with Crippen molar-refractivity contribution >= 4 is 10.8 Å². The van der Waals surface area contributed by atoms with Gasteiger partial charge in [0.25, 0.3) is 0 Å². The highest BCUT2D eigenvalue weighted by molar-refractivity contribution is 7.85. The van der Waals surface area contributed by atoms with Gasteiger partial charge in [-0.15, -0.1) is 0 Å². The number of aliphatic hydroxyl groups is 1. The fraction of sp³-hybridized carbons (Fsp3) is 0.750. The molecule has 4 rings (SSSR count). The number of fused-ring (bicyclic) bond motifs is 5. The number of aliphatic hydroxyl groups excluding tert-OH is 1. The smallest absolute Gasteiger partial charge is 0.454 e. The summed E-state index contributed by atoms with van der Waals surface area (Å²) in [5, 5.41) is 20.7. The number of hydrogen-bond acceptors (Lipinski definition) is 3. The molecule has 4 unspecified atom stereocenters. The fourth-order valence-electron chi connectivity index (χ4n) is 6.89. The predicted molar refractivity (Wildman–Crippen MR) is 116 cm³/mol. The van der Waals surface area contributed by atoms with Gasteiger partial charge in [-0.25, -0.2) is 0 Å². The van der Waals surface area contributed by atoms with E-state index in [1.807, 2.05) is 6.07 Å². The third kappa shape index (κ3) is 4.56. The van der Waals surface area contributed by atoms with Gasteiger partial charge in [0.2, 0.25) is 0 Å². The van der Waals surface area contributed by atoms with Crippen LogP contribution in [0.3, 0.4) is 0 Å². The summed E-state index contributed by atoms with van der Waals surface area (Å²) < 4.78 is 75.8. The second kappa shape index (κ2) is 8.77. The lowest BCUT2D eigenvalue weighted by molar-refractivity contribution is -0.271. The molecule has 2 saturated carbocycles.